The topological polar surface area (TPSA) is 68.5 Å². The maximum Gasteiger partial charge on any atom is 0.257 e. The third-order valence-corrected chi connectivity index (χ3v) is 3.89. The summed E-state index contributed by atoms with van der Waals surface area (Å²) in [6.45, 7) is 2.09. The fourth-order valence-corrected chi connectivity index (χ4v) is 2.65. The summed E-state index contributed by atoms with van der Waals surface area (Å²) >= 11 is 0. The molecule has 22 heavy (non-hydrogen) atoms. The number of para-hydroxylation sites is 1. The molecule has 2 heterocycles. The quantitative estimate of drug-likeness (QED) is 0.940. The summed E-state index contributed by atoms with van der Waals surface area (Å²) in [7, 11) is 0. The molecule has 0 unspecified atom stereocenters. The first kappa shape index (κ1) is 14.5. The Bertz CT molecular complexity index is 645. The van der Waals surface area contributed by atoms with E-state index in [1.165, 1.54) is 0 Å². The Labute approximate surface area is 129 Å². The van der Waals surface area contributed by atoms with Gasteiger partial charge in [0.05, 0.1) is 11.8 Å². The summed E-state index contributed by atoms with van der Waals surface area (Å²) in [4.78, 5) is 18.6. The number of pyridine rings is 1. The second-order valence-electron chi connectivity index (χ2n) is 5.43. The maximum absolute atomic E-state index is 12.7. The maximum atomic E-state index is 12.7. The van der Waals surface area contributed by atoms with Crippen molar-refractivity contribution < 1.29 is 9.53 Å². The smallest absolute Gasteiger partial charge is 0.257 e. The van der Waals surface area contributed by atoms with Gasteiger partial charge in [0.15, 0.2) is 0 Å². The number of ether oxygens (including phenoxy) is 1. The zero-order valence-corrected chi connectivity index (χ0v) is 12.3. The number of likely N-dealkylation sites (tertiary alicyclic amines) is 1. The zero-order chi connectivity index (χ0) is 15.4. The Hall–Kier alpha value is -2.40. The van der Waals surface area contributed by atoms with Gasteiger partial charge in [-0.3, -0.25) is 9.78 Å². The lowest BCUT2D eigenvalue weighted by molar-refractivity contribution is 0.0785. The number of aromatic nitrogens is 1. The molecule has 1 aromatic heterocycles. The van der Waals surface area contributed by atoms with Crippen LogP contribution >= 0.6 is 0 Å². The number of hydrogen-bond acceptors (Lipinski definition) is 4. The van der Waals surface area contributed by atoms with E-state index in [4.69, 9.17) is 10.5 Å². The zero-order valence-electron chi connectivity index (χ0n) is 12.3. The molecule has 2 N–H and O–H groups in total. The molecule has 1 amide bonds. The summed E-state index contributed by atoms with van der Waals surface area (Å²) in [6.07, 6.45) is 4.27. The Morgan fingerprint density at radius 3 is 2.91 bits per heavy atom. The highest BCUT2D eigenvalue weighted by Gasteiger charge is 2.27. The van der Waals surface area contributed by atoms with Gasteiger partial charge in [0.2, 0.25) is 0 Å². The van der Waals surface area contributed by atoms with Gasteiger partial charge in [0.25, 0.3) is 5.91 Å². The van der Waals surface area contributed by atoms with Gasteiger partial charge in [-0.15, -0.1) is 0 Å². The number of carbonyl (C=O) groups is 1. The summed E-state index contributed by atoms with van der Waals surface area (Å²) in [5, 5.41) is 0. The van der Waals surface area contributed by atoms with Crippen LogP contribution in [0.2, 0.25) is 0 Å². The fourth-order valence-electron chi connectivity index (χ4n) is 2.65. The molecule has 2 aromatic rings. The molecule has 1 atom stereocenters. The van der Waals surface area contributed by atoms with Gasteiger partial charge in [-0.2, -0.15) is 0 Å². The highest BCUT2D eigenvalue weighted by molar-refractivity contribution is 5.97. The van der Waals surface area contributed by atoms with E-state index >= 15 is 0 Å². The van der Waals surface area contributed by atoms with Crippen LogP contribution in [0.1, 0.15) is 16.8 Å². The highest BCUT2D eigenvalue weighted by Crippen LogP contribution is 2.27. The van der Waals surface area contributed by atoms with E-state index < -0.39 is 0 Å². The van der Waals surface area contributed by atoms with Crippen LogP contribution < -0.4 is 10.5 Å². The van der Waals surface area contributed by atoms with Crippen LogP contribution in [0.4, 0.5) is 0 Å². The predicted molar refractivity (Wildman–Crippen MR) is 83.8 cm³/mol. The number of nitrogens with zero attached hydrogens (tertiary/aromatic N) is 2. The molecule has 1 aromatic carbocycles. The van der Waals surface area contributed by atoms with Crippen molar-refractivity contribution in [2.45, 2.75) is 6.42 Å². The molecule has 5 nitrogen and oxygen atoms in total. The minimum Gasteiger partial charge on any atom is -0.455 e. The summed E-state index contributed by atoms with van der Waals surface area (Å²) < 4.78 is 5.81. The average Bonchev–Trinajstić information content (AvgIpc) is 3.05. The van der Waals surface area contributed by atoms with E-state index in [2.05, 4.69) is 4.98 Å². The summed E-state index contributed by atoms with van der Waals surface area (Å²) in [5.74, 6) is 1.56. The van der Waals surface area contributed by atoms with Gasteiger partial charge >= 0.3 is 0 Å². The van der Waals surface area contributed by atoms with Gasteiger partial charge < -0.3 is 15.4 Å². The molecule has 5 heteroatoms. The molecule has 3 rings (SSSR count). The minimum absolute atomic E-state index is 0.00422. The second kappa shape index (κ2) is 6.58. The second-order valence-corrected chi connectivity index (χ2v) is 5.43. The Morgan fingerprint density at radius 1 is 1.32 bits per heavy atom. The number of rotatable bonds is 4. The first-order chi connectivity index (χ1) is 10.8. The minimum atomic E-state index is -0.00422. The van der Waals surface area contributed by atoms with Crippen LogP contribution in [0.5, 0.6) is 11.5 Å². The van der Waals surface area contributed by atoms with Crippen molar-refractivity contribution in [2.75, 3.05) is 19.6 Å². The third kappa shape index (κ3) is 3.09. The Balaban J connectivity index is 1.80. The average molecular weight is 297 g/mol. The normalized spacial score (nSPS) is 17.5. The fraction of sp³-hybridized carbons (Fsp3) is 0.294. The van der Waals surface area contributed by atoms with Crippen molar-refractivity contribution in [2.24, 2.45) is 11.7 Å². The van der Waals surface area contributed by atoms with E-state index in [9.17, 15) is 4.79 Å². The van der Waals surface area contributed by atoms with Gasteiger partial charge in [-0.05, 0) is 43.1 Å². The number of benzene rings is 1. The van der Waals surface area contributed by atoms with Crippen LogP contribution in [-0.4, -0.2) is 35.4 Å². The van der Waals surface area contributed by atoms with Gasteiger partial charge in [0.1, 0.15) is 11.5 Å². The highest BCUT2D eigenvalue weighted by atomic mass is 16.5. The number of hydrogen-bond donors (Lipinski definition) is 1. The van der Waals surface area contributed by atoms with E-state index in [-0.39, 0.29) is 5.91 Å². The molecule has 1 fully saturated rings. The van der Waals surface area contributed by atoms with Gasteiger partial charge in [-0.25, -0.2) is 0 Å². The molecule has 0 aliphatic carbocycles. The van der Waals surface area contributed by atoms with E-state index in [1.54, 1.807) is 30.6 Å². The molecule has 114 valence electrons. The van der Waals surface area contributed by atoms with E-state index in [0.717, 1.165) is 19.5 Å². The first-order valence-electron chi connectivity index (χ1n) is 7.44. The standard InChI is InChI=1S/C17H19N3O2/c18-10-13-7-9-20(12-13)17(21)15-5-1-2-6-16(15)22-14-4-3-8-19-11-14/h1-6,8,11,13H,7,9-10,12,18H2/t13-/m0/s1. The molecular weight excluding hydrogens is 278 g/mol. The predicted octanol–water partition coefficient (Wildman–Crippen LogP) is 2.29. The van der Waals surface area contributed by atoms with Crippen LogP contribution in [-0.2, 0) is 0 Å². The van der Waals surface area contributed by atoms with Crippen LogP contribution in [0.15, 0.2) is 48.8 Å². The molecule has 0 saturated carbocycles. The molecule has 1 saturated heterocycles. The van der Waals surface area contributed by atoms with E-state index in [1.807, 2.05) is 23.1 Å². The molecule has 1 aliphatic heterocycles. The number of nitrogens with two attached hydrogens (primary N) is 1. The van der Waals surface area contributed by atoms with Crippen LogP contribution in [0.25, 0.3) is 0 Å². The summed E-state index contributed by atoms with van der Waals surface area (Å²) in [5.41, 5.74) is 6.27. The lowest BCUT2D eigenvalue weighted by atomic mass is 10.1. The van der Waals surface area contributed by atoms with Crippen molar-refractivity contribution in [3.8, 4) is 11.5 Å². The van der Waals surface area contributed by atoms with Gasteiger partial charge in [-0.1, -0.05) is 12.1 Å². The van der Waals surface area contributed by atoms with E-state index in [0.29, 0.717) is 29.5 Å². The van der Waals surface area contributed by atoms with Crippen LogP contribution in [0, 0.1) is 5.92 Å². The molecule has 0 spiro atoms. The molecule has 0 radical (unpaired) electrons. The van der Waals surface area contributed by atoms with Crippen molar-refractivity contribution in [1.29, 1.82) is 0 Å². The molecule has 0 bridgehead atoms. The summed E-state index contributed by atoms with van der Waals surface area (Å²) in [6, 6.07) is 10.9. The first-order valence-corrected chi connectivity index (χ1v) is 7.44. The Morgan fingerprint density at radius 2 is 2.18 bits per heavy atom. The monoisotopic (exact) mass is 297 g/mol. The molecular formula is C17H19N3O2. The molecule has 1 aliphatic rings. The van der Waals surface area contributed by atoms with Crippen molar-refractivity contribution >= 4 is 5.91 Å². The van der Waals surface area contributed by atoms with Crippen molar-refractivity contribution in [3.05, 3.63) is 54.4 Å². The number of carbonyl (C=O) groups excluding carboxylic acids is 1. The SMILES string of the molecule is NC[C@@H]1CCN(C(=O)c2ccccc2Oc2cccnc2)C1. The lowest BCUT2D eigenvalue weighted by Crippen LogP contribution is -2.30. The largest absolute Gasteiger partial charge is 0.455 e. The van der Waals surface area contributed by atoms with Crippen molar-refractivity contribution in [1.82, 2.24) is 9.88 Å². The lowest BCUT2D eigenvalue weighted by Gasteiger charge is -2.18. The third-order valence-electron chi connectivity index (χ3n) is 3.89. The number of amides is 1. The van der Waals surface area contributed by atoms with Gasteiger partial charge in [0, 0.05) is 19.3 Å². The van der Waals surface area contributed by atoms with Crippen molar-refractivity contribution in [3.63, 3.8) is 0 Å². The Kier molecular flexibility index (Phi) is 4.34. The van der Waals surface area contributed by atoms with Crippen LogP contribution in [0.3, 0.4) is 0 Å².